The standard InChI is InChI=1S/C19H16N6O4/c1-29-13-4-2-3-11(9-13)25-17-15(23-19(25)28)14(16(20)27)22-18(24-17)21-10-5-7-12(26)8-6-10/h2-9,26H,1H3,(H2,20,27)(H,23,28)(H,21,22,24). The van der Waals surface area contributed by atoms with Crippen molar-refractivity contribution in [3.05, 3.63) is 64.7 Å². The predicted molar refractivity (Wildman–Crippen MR) is 106 cm³/mol. The van der Waals surface area contributed by atoms with E-state index in [1.165, 1.54) is 23.8 Å². The molecule has 29 heavy (non-hydrogen) atoms. The van der Waals surface area contributed by atoms with Gasteiger partial charge in [-0.3, -0.25) is 4.79 Å². The molecule has 0 saturated carbocycles. The number of nitrogens with zero attached hydrogens (tertiary/aromatic N) is 3. The van der Waals surface area contributed by atoms with Gasteiger partial charge in [-0.15, -0.1) is 0 Å². The predicted octanol–water partition coefficient (Wildman–Crippen LogP) is 1.67. The number of nitrogens with two attached hydrogens (primary N) is 1. The van der Waals surface area contributed by atoms with Gasteiger partial charge in [-0.2, -0.15) is 4.98 Å². The second kappa shape index (κ2) is 7.00. The van der Waals surface area contributed by atoms with Crippen LogP contribution in [0.3, 0.4) is 0 Å². The number of rotatable bonds is 5. The van der Waals surface area contributed by atoms with Crippen molar-refractivity contribution in [2.24, 2.45) is 5.73 Å². The van der Waals surface area contributed by atoms with Crippen LogP contribution in [0.25, 0.3) is 16.9 Å². The quantitative estimate of drug-likeness (QED) is 0.378. The second-order valence-corrected chi connectivity index (χ2v) is 6.10. The van der Waals surface area contributed by atoms with Crippen molar-refractivity contribution in [2.45, 2.75) is 0 Å². The Morgan fingerprint density at radius 2 is 1.97 bits per heavy atom. The number of methoxy groups -OCH3 is 1. The highest BCUT2D eigenvalue weighted by Crippen LogP contribution is 2.23. The highest BCUT2D eigenvalue weighted by molar-refractivity contribution is 6.02. The van der Waals surface area contributed by atoms with Gasteiger partial charge in [0.05, 0.1) is 12.8 Å². The summed E-state index contributed by atoms with van der Waals surface area (Å²) < 4.78 is 6.51. The number of hydrogen-bond donors (Lipinski definition) is 4. The molecule has 10 heteroatoms. The maximum atomic E-state index is 12.6. The molecule has 5 N–H and O–H groups in total. The number of benzene rings is 2. The summed E-state index contributed by atoms with van der Waals surface area (Å²) in [4.78, 5) is 35.7. The van der Waals surface area contributed by atoms with Crippen molar-refractivity contribution in [1.29, 1.82) is 0 Å². The van der Waals surface area contributed by atoms with E-state index < -0.39 is 11.6 Å². The first kappa shape index (κ1) is 18.0. The van der Waals surface area contributed by atoms with Gasteiger partial charge in [-0.1, -0.05) is 6.07 Å². The van der Waals surface area contributed by atoms with Crippen molar-refractivity contribution in [2.75, 3.05) is 12.4 Å². The summed E-state index contributed by atoms with van der Waals surface area (Å²) in [6, 6.07) is 13.0. The fraction of sp³-hybridized carbons (Fsp3) is 0.0526. The number of H-pyrrole nitrogens is 1. The molecular weight excluding hydrogens is 376 g/mol. The maximum absolute atomic E-state index is 12.6. The van der Waals surface area contributed by atoms with Crippen LogP contribution in [0.2, 0.25) is 0 Å². The average Bonchev–Trinajstić information content (AvgIpc) is 3.04. The van der Waals surface area contributed by atoms with Crippen molar-refractivity contribution in [1.82, 2.24) is 19.5 Å². The first-order valence-corrected chi connectivity index (χ1v) is 8.49. The molecule has 0 spiro atoms. The zero-order valence-corrected chi connectivity index (χ0v) is 15.2. The summed E-state index contributed by atoms with van der Waals surface area (Å²) in [6.45, 7) is 0. The molecule has 2 aromatic heterocycles. The molecule has 146 valence electrons. The van der Waals surface area contributed by atoms with E-state index in [1.807, 2.05) is 0 Å². The third kappa shape index (κ3) is 3.34. The molecule has 0 aliphatic carbocycles. The number of amides is 1. The Morgan fingerprint density at radius 3 is 2.66 bits per heavy atom. The third-order valence-electron chi connectivity index (χ3n) is 4.21. The fourth-order valence-electron chi connectivity index (χ4n) is 2.88. The number of aromatic amines is 1. The molecule has 4 rings (SSSR count). The lowest BCUT2D eigenvalue weighted by Gasteiger charge is -2.09. The molecule has 0 aliphatic heterocycles. The van der Waals surface area contributed by atoms with Crippen LogP contribution in [0.1, 0.15) is 10.5 Å². The van der Waals surface area contributed by atoms with Gasteiger partial charge in [-0.05, 0) is 36.4 Å². The Hall–Kier alpha value is -4.34. The number of imidazole rings is 1. The molecule has 0 unspecified atom stereocenters. The van der Waals surface area contributed by atoms with Crippen molar-refractivity contribution >= 4 is 28.7 Å². The topological polar surface area (TPSA) is 148 Å². The van der Waals surface area contributed by atoms with E-state index in [-0.39, 0.29) is 28.6 Å². The number of ether oxygens (including phenoxy) is 1. The summed E-state index contributed by atoms with van der Waals surface area (Å²) in [5, 5.41) is 12.4. The summed E-state index contributed by atoms with van der Waals surface area (Å²) in [5.74, 6) is -0.101. The summed E-state index contributed by atoms with van der Waals surface area (Å²) >= 11 is 0. The van der Waals surface area contributed by atoms with E-state index in [1.54, 1.807) is 36.4 Å². The summed E-state index contributed by atoms with van der Waals surface area (Å²) in [7, 11) is 1.52. The summed E-state index contributed by atoms with van der Waals surface area (Å²) in [5.41, 5.74) is 6.19. The first-order valence-electron chi connectivity index (χ1n) is 8.49. The SMILES string of the molecule is COc1cccc(-n2c(=O)[nH]c3c(C(N)=O)nc(Nc4ccc(O)cc4)nc32)c1. The van der Waals surface area contributed by atoms with E-state index >= 15 is 0 Å². The minimum absolute atomic E-state index is 0.0626. The van der Waals surface area contributed by atoms with Crippen LogP contribution in [0, 0.1) is 0 Å². The van der Waals surface area contributed by atoms with E-state index in [2.05, 4.69) is 20.3 Å². The van der Waals surface area contributed by atoms with Crippen molar-refractivity contribution in [3.63, 3.8) is 0 Å². The number of anilines is 2. The van der Waals surface area contributed by atoms with Gasteiger partial charge in [0.1, 0.15) is 17.0 Å². The number of carbonyl (C=O) groups is 1. The van der Waals surface area contributed by atoms with Gasteiger partial charge in [0.25, 0.3) is 5.91 Å². The van der Waals surface area contributed by atoms with E-state index in [0.29, 0.717) is 17.1 Å². The number of phenolic OH excluding ortho intramolecular Hbond substituents is 1. The highest BCUT2D eigenvalue weighted by Gasteiger charge is 2.20. The average molecular weight is 392 g/mol. The molecule has 0 saturated heterocycles. The lowest BCUT2D eigenvalue weighted by Crippen LogP contribution is -2.16. The normalized spacial score (nSPS) is 10.8. The molecule has 0 atom stereocenters. The number of fused-ring (bicyclic) bond motifs is 1. The third-order valence-corrected chi connectivity index (χ3v) is 4.21. The largest absolute Gasteiger partial charge is 0.508 e. The molecule has 1 amide bonds. The Labute approximate surface area is 163 Å². The number of nitrogens with one attached hydrogen (secondary N) is 2. The number of primary amides is 1. The maximum Gasteiger partial charge on any atom is 0.332 e. The molecule has 2 aromatic carbocycles. The van der Waals surface area contributed by atoms with Crippen LogP contribution >= 0.6 is 0 Å². The minimum atomic E-state index is -0.815. The summed E-state index contributed by atoms with van der Waals surface area (Å²) in [6.07, 6.45) is 0. The molecule has 10 nitrogen and oxygen atoms in total. The van der Waals surface area contributed by atoms with E-state index in [9.17, 15) is 14.7 Å². The van der Waals surface area contributed by atoms with Gasteiger partial charge in [0.2, 0.25) is 5.95 Å². The van der Waals surface area contributed by atoms with Gasteiger partial charge in [0, 0.05) is 11.8 Å². The first-order chi connectivity index (χ1) is 14.0. The van der Waals surface area contributed by atoms with Crippen LogP contribution < -0.4 is 21.5 Å². The monoisotopic (exact) mass is 392 g/mol. The lowest BCUT2D eigenvalue weighted by molar-refractivity contribution is 0.0997. The molecule has 4 aromatic rings. The zero-order valence-electron chi connectivity index (χ0n) is 15.2. The number of carbonyl (C=O) groups excluding carboxylic acids is 1. The van der Waals surface area contributed by atoms with E-state index in [0.717, 1.165) is 0 Å². The molecular formula is C19H16N6O4. The van der Waals surface area contributed by atoms with Gasteiger partial charge < -0.3 is 25.9 Å². The van der Waals surface area contributed by atoms with Gasteiger partial charge >= 0.3 is 5.69 Å². The Bertz CT molecular complexity index is 1280. The van der Waals surface area contributed by atoms with E-state index in [4.69, 9.17) is 10.5 Å². The highest BCUT2D eigenvalue weighted by atomic mass is 16.5. The van der Waals surface area contributed by atoms with Crippen LogP contribution in [-0.4, -0.2) is 37.6 Å². The van der Waals surface area contributed by atoms with Gasteiger partial charge in [-0.25, -0.2) is 14.3 Å². The Kier molecular flexibility index (Phi) is 4.36. The van der Waals surface area contributed by atoms with Crippen LogP contribution in [0.4, 0.5) is 11.6 Å². The number of phenols is 1. The number of aromatic nitrogens is 4. The van der Waals surface area contributed by atoms with Crippen LogP contribution in [-0.2, 0) is 0 Å². The second-order valence-electron chi connectivity index (χ2n) is 6.10. The number of hydrogen-bond acceptors (Lipinski definition) is 7. The number of aromatic hydroxyl groups is 1. The molecule has 0 aliphatic rings. The Morgan fingerprint density at radius 1 is 1.21 bits per heavy atom. The van der Waals surface area contributed by atoms with Crippen LogP contribution in [0.5, 0.6) is 11.5 Å². The Balaban J connectivity index is 1.92. The fourth-order valence-corrected chi connectivity index (χ4v) is 2.88. The van der Waals surface area contributed by atoms with Crippen molar-refractivity contribution in [3.8, 4) is 17.2 Å². The lowest BCUT2D eigenvalue weighted by atomic mass is 10.3. The molecule has 2 heterocycles. The van der Waals surface area contributed by atoms with Crippen molar-refractivity contribution < 1.29 is 14.6 Å². The molecule has 0 bridgehead atoms. The zero-order chi connectivity index (χ0) is 20.5. The van der Waals surface area contributed by atoms with Gasteiger partial charge in [0.15, 0.2) is 11.3 Å². The molecule has 0 radical (unpaired) electrons. The molecule has 0 fully saturated rings. The minimum Gasteiger partial charge on any atom is -0.508 e. The smallest absolute Gasteiger partial charge is 0.332 e. The van der Waals surface area contributed by atoms with Crippen LogP contribution in [0.15, 0.2) is 53.3 Å².